The summed E-state index contributed by atoms with van der Waals surface area (Å²) >= 11 is 0. The Balaban J connectivity index is 1.35. The summed E-state index contributed by atoms with van der Waals surface area (Å²) in [6.07, 6.45) is 2.36. The van der Waals surface area contributed by atoms with Crippen molar-refractivity contribution in [2.75, 3.05) is 39.3 Å². The molecule has 1 N–H and O–H groups in total. The Bertz CT molecular complexity index is 858. The van der Waals surface area contributed by atoms with Gasteiger partial charge >= 0.3 is 0 Å². The number of carbonyl (C=O) groups excluding carboxylic acids is 2. The Hall–Kier alpha value is -2.67. The highest BCUT2D eigenvalue weighted by Crippen LogP contribution is 2.28. The van der Waals surface area contributed by atoms with E-state index in [4.69, 9.17) is 4.52 Å². The number of rotatable bonds is 5. The average molecular weight is 411 g/mol. The van der Waals surface area contributed by atoms with Crippen LogP contribution in [0.3, 0.4) is 0 Å². The number of piperidine rings is 1. The number of hydrogen-bond acceptors (Lipinski definition) is 5. The van der Waals surface area contributed by atoms with Crippen LogP contribution in [0.15, 0.2) is 40.9 Å². The Morgan fingerprint density at radius 2 is 1.83 bits per heavy atom. The van der Waals surface area contributed by atoms with Crippen LogP contribution in [0.4, 0.5) is 0 Å². The zero-order chi connectivity index (χ0) is 20.9. The highest BCUT2D eigenvalue weighted by Gasteiger charge is 2.31. The quantitative estimate of drug-likeness (QED) is 0.818. The van der Waals surface area contributed by atoms with Gasteiger partial charge in [-0.2, -0.15) is 0 Å². The molecule has 2 atom stereocenters. The van der Waals surface area contributed by atoms with Crippen LogP contribution in [-0.2, 0) is 16.0 Å². The molecular weight excluding hydrogens is 380 g/mol. The highest BCUT2D eigenvalue weighted by molar-refractivity contribution is 5.77. The van der Waals surface area contributed by atoms with E-state index in [0.29, 0.717) is 44.4 Å². The molecule has 30 heavy (non-hydrogen) atoms. The van der Waals surface area contributed by atoms with Gasteiger partial charge in [-0.25, -0.2) is 0 Å². The van der Waals surface area contributed by atoms with Crippen molar-refractivity contribution in [2.45, 2.75) is 26.2 Å². The molecule has 0 radical (unpaired) electrons. The maximum atomic E-state index is 12.9. The molecule has 0 bridgehead atoms. The molecule has 160 valence electrons. The van der Waals surface area contributed by atoms with Crippen molar-refractivity contribution in [1.29, 1.82) is 0 Å². The maximum absolute atomic E-state index is 12.9. The Labute approximate surface area is 177 Å². The molecule has 2 amide bonds. The van der Waals surface area contributed by atoms with Gasteiger partial charge in [0.25, 0.3) is 0 Å². The van der Waals surface area contributed by atoms with Crippen molar-refractivity contribution in [3.63, 3.8) is 0 Å². The Morgan fingerprint density at radius 3 is 2.57 bits per heavy atom. The summed E-state index contributed by atoms with van der Waals surface area (Å²) in [6, 6.07) is 12.0. The number of amides is 2. The standard InChI is InChI=1S/C23H30N4O3/c1-17(28)26-9-11-27(12-10-26)23(29)14-19-7-8-24-16-20(19)13-21-15-22(30-25-21)18-5-3-2-4-6-18/h2-6,15,19-20,24H,7-14,16H2,1H3/t19-,20+/m1/s1. The first-order valence-electron chi connectivity index (χ1n) is 10.8. The van der Waals surface area contributed by atoms with Crippen LogP contribution in [0.25, 0.3) is 11.3 Å². The maximum Gasteiger partial charge on any atom is 0.222 e. The van der Waals surface area contributed by atoms with Crippen LogP contribution in [0, 0.1) is 11.8 Å². The molecule has 0 saturated carbocycles. The second-order valence-corrected chi connectivity index (χ2v) is 8.36. The van der Waals surface area contributed by atoms with Gasteiger partial charge in [-0.1, -0.05) is 35.5 Å². The first-order valence-corrected chi connectivity index (χ1v) is 10.8. The van der Waals surface area contributed by atoms with E-state index < -0.39 is 0 Å². The van der Waals surface area contributed by atoms with E-state index >= 15 is 0 Å². The van der Waals surface area contributed by atoms with Crippen molar-refractivity contribution in [1.82, 2.24) is 20.3 Å². The normalized spacial score (nSPS) is 22.2. The molecule has 2 aliphatic heterocycles. The molecule has 2 aromatic rings. The van der Waals surface area contributed by atoms with Crippen molar-refractivity contribution in [3.05, 3.63) is 42.1 Å². The monoisotopic (exact) mass is 410 g/mol. The molecule has 2 saturated heterocycles. The van der Waals surface area contributed by atoms with E-state index in [9.17, 15) is 9.59 Å². The predicted octanol–water partition coefficient (Wildman–Crippen LogP) is 2.19. The molecule has 7 heteroatoms. The Kier molecular flexibility index (Phi) is 6.47. The summed E-state index contributed by atoms with van der Waals surface area (Å²) in [5.41, 5.74) is 1.96. The van der Waals surface area contributed by atoms with Gasteiger partial charge in [0.05, 0.1) is 5.69 Å². The van der Waals surface area contributed by atoms with Crippen LogP contribution in [0.5, 0.6) is 0 Å². The van der Waals surface area contributed by atoms with Gasteiger partial charge < -0.3 is 19.6 Å². The number of nitrogens with one attached hydrogen (secondary N) is 1. The SMILES string of the molecule is CC(=O)N1CCN(C(=O)C[C@H]2CCNC[C@@H]2Cc2cc(-c3ccccc3)on2)CC1. The van der Waals surface area contributed by atoms with E-state index in [1.165, 1.54) is 0 Å². The fourth-order valence-corrected chi connectivity index (χ4v) is 4.52. The lowest BCUT2D eigenvalue weighted by atomic mass is 9.81. The zero-order valence-corrected chi connectivity index (χ0v) is 17.5. The molecule has 4 rings (SSSR count). The Morgan fingerprint density at radius 1 is 1.10 bits per heavy atom. The molecule has 7 nitrogen and oxygen atoms in total. The summed E-state index contributed by atoms with van der Waals surface area (Å²) in [5.74, 6) is 1.77. The number of aromatic nitrogens is 1. The van der Waals surface area contributed by atoms with Crippen LogP contribution in [0.2, 0.25) is 0 Å². The smallest absolute Gasteiger partial charge is 0.222 e. The van der Waals surface area contributed by atoms with Crippen molar-refractivity contribution >= 4 is 11.8 Å². The minimum absolute atomic E-state index is 0.0861. The van der Waals surface area contributed by atoms with Gasteiger partial charge in [0.2, 0.25) is 11.8 Å². The first-order chi connectivity index (χ1) is 14.6. The highest BCUT2D eigenvalue weighted by atomic mass is 16.5. The summed E-state index contributed by atoms with van der Waals surface area (Å²) < 4.78 is 5.56. The molecule has 2 aliphatic rings. The second-order valence-electron chi connectivity index (χ2n) is 8.36. The number of carbonyl (C=O) groups is 2. The van der Waals surface area contributed by atoms with Gasteiger partial charge in [-0.05, 0) is 37.8 Å². The molecule has 0 unspecified atom stereocenters. The van der Waals surface area contributed by atoms with E-state index in [2.05, 4.69) is 10.5 Å². The lowest BCUT2D eigenvalue weighted by Crippen LogP contribution is -2.51. The largest absolute Gasteiger partial charge is 0.356 e. The van der Waals surface area contributed by atoms with Gasteiger partial charge in [-0.3, -0.25) is 9.59 Å². The summed E-state index contributed by atoms with van der Waals surface area (Å²) in [6.45, 7) is 5.97. The molecule has 2 fully saturated rings. The number of piperazine rings is 1. The zero-order valence-electron chi connectivity index (χ0n) is 17.5. The van der Waals surface area contributed by atoms with Crippen LogP contribution in [0.1, 0.15) is 25.5 Å². The first kappa shape index (κ1) is 20.6. The molecule has 3 heterocycles. The molecule has 1 aromatic carbocycles. The lowest BCUT2D eigenvalue weighted by Gasteiger charge is -2.37. The minimum atomic E-state index is 0.0861. The van der Waals surface area contributed by atoms with Crippen molar-refractivity contribution < 1.29 is 14.1 Å². The van der Waals surface area contributed by atoms with Gasteiger partial charge in [0.1, 0.15) is 0 Å². The topological polar surface area (TPSA) is 78.7 Å². The molecule has 0 aliphatic carbocycles. The number of nitrogens with zero attached hydrogens (tertiary/aromatic N) is 3. The third-order valence-electron chi connectivity index (χ3n) is 6.37. The predicted molar refractivity (Wildman–Crippen MR) is 114 cm³/mol. The second kappa shape index (κ2) is 9.43. The lowest BCUT2D eigenvalue weighted by molar-refractivity contribution is -0.139. The van der Waals surface area contributed by atoms with E-state index in [1.807, 2.05) is 46.2 Å². The van der Waals surface area contributed by atoms with Gasteiger partial charge in [0, 0.05) is 51.2 Å². The van der Waals surface area contributed by atoms with Crippen LogP contribution < -0.4 is 5.32 Å². The van der Waals surface area contributed by atoms with Crippen molar-refractivity contribution in [3.8, 4) is 11.3 Å². The third-order valence-corrected chi connectivity index (χ3v) is 6.37. The molecular formula is C23H30N4O3. The molecule has 1 aromatic heterocycles. The van der Waals surface area contributed by atoms with E-state index in [1.54, 1.807) is 6.92 Å². The van der Waals surface area contributed by atoms with Gasteiger partial charge in [-0.15, -0.1) is 0 Å². The van der Waals surface area contributed by atoms with E-state index in [0.717, 1.165) is 42.9 Å². The fourth-order valence-electron chi connectivity index (χ4n) is 4.52. The number of benzene rings is 1. The summed E-state index contributed by atoms with van der Waals surface area (Å²) in [4.78, 5) is 28.1. The van der Waals surface area contributed by atoms with Gasteiger partial charge in [0.15, 0.2) is 5.76 Å². The third kappa shape index (κ3) is 4.90. The van der Waals surface area contributed by atoms with Crippen LogP contribution in [-0.4, -0.2) is 66.0 Å². The number of hydrogen-bond donors (Lipinski definition) is 1. The summed E-state index contributed by atoms with van der Waals surface area (Å²) in [5, 5.41) is 7.75. The van der Waals surface area contributed by atoms with Crippen molar-refractivity contribution in [2.24, 2.45) is 11.8 Å². The van der Waals surface area contributed by atoms with Crippen LogP contribution >= 0.6 is 0 Å². The fraction of sp³-hybridized carbons (Fsp3) is 0.522. The molecule has 0 spiro atoms. The average Bonchev–Trinajstić information content (AvgIpc) is 3.24. The van der Waals surface area contributed by atoms with E-state index in [-0.39, 0.29) is 11.8 Å². The minimum Gasteiger partial charge on any atom is -0.356 e. The summed E-state index contributed by atoms with van der Waals surface area (Å²) in [7, 11) is 0.